The number of hydrogen-bond acceptors (Lipinski definition) is 3. The second kappa shape index (κ2) is 4.76. The van der Waals surface area contributed by atoms with Gasteiger partial charge in [0, 0.05) is 16.9 Å². The quantitative estimate of drug-likeness (QED) is 0.609. The van der Waals surface area contributed by atoms with Crippen LogP contribution in [0, 0.1) is 5.82 Å². The van der Waals surface area contributed by atoms with Crippen molar-refractivity contribution >= 4 is 11.3 Å². The number of nitrogens with two attached hydrogens (primary N) is 1. The van der Waals surface area contributed by atoms with Crippen molar-refractivity contribution in [3.8, 4) is 11.3 Å². The van der Waals surface area contributed by atoms with E-state index < -0.39 is 0 Å². The summed E-state index contributed by atoms with van der Waals surface area (Å²) in [6, 6.07) is 14.7. The summed E-state index contributed by atoms with van der Waals surface area (Å²) in [5.41, 5.74) is 10.4. The topological polar surface area (TPSA) is 38.9 Å². The van der Waals surface area contributed by atoms with Crippen LogP contribution in [0.3, 0.4) is 0 Å². The van der Waals surface area contributed by atoms with Crippen molar-refractivity contribution in [2.75, 3.05) is 0 Å². The smallest absolute Gasteiger partial charge is 0.123 e. The molecule has 0 spiro atoms. The third kappa shape index (κ3) is 2.07. The third-order valence-electron chi connectivity index (χ3n) is 3.81. The van der Waals surface area contributed by atoms with Crippen molar-refractivity contribution in [3.63, 3.8) is 0 Å². The van der Waals surface area contributed by atoms with Gasteiger partial charge in [0.15, 0.2) is 0 Å². The molecular weight excluding hydrogens is 283 g/mol. The third-order valence-corrected chi connectivity index (χ3v) is 4.95. The monoisotopic (exact) mass is 296 g/mol. The fraction of sp³-hybridized carbons (Fsp3) is 0.118. The second-order valence-electron chi connectivity index (χ2n) is 5.19. The Balaban J connectivity index is 1.74. The summed E-state index contributed by atoms with van der Waals surface area (Å²) < 4.78 is 13.3. The maximum absolute atomic E-state index is 13.3. The Morgan fingerprint density at radius 3 is 2.76 bits per heavy atom. The second-order valence-corrected chi connectivity index (χ2v) is 6.31. The minimum absolute atomic E-state index is 0.190. The predicted molar refractivity (Wildman–Crippen MR) is 82.8 cm³/mol. The van der Waals surface area contributed by atoms with E-state index in [1.165, 1.54) is 10.9 Å². The Morgan fingerprint density at radius 1 is 1.14 bits per heavy atom. The first-order valence-electron chi connectivity index (χ1n) is 6.81. The Morgan fingerprint density at radius 2 is 1.95 bits per heavy atom. The number of nitrogens with zero attached hydrogens (tertiary/aromatic N) is 1. The van der Waals surface area contributed by atoms with Crippen LogP contribution in [0.2, 0.25) is 0 Å². The first kappa shape index (κ1) is 12.7. The zero-order valence-electron chi connectivity index (χ0n) is 11.2. The van der Waals surface area contributed by atoms with Crippen LogP contribution in [0.5, 0.6) is 0 Å². The van der Waals surface area contributed by atoms with E-state index in [9.17, 15) is 4.39 Å². The molecule has 2 aromatic carbocycles. The molecule has 1 unspecified atom stereocenters. The van der Waals surface area contributed by atoms with Crippen LogP contribution in [-0.4, -0.2) is 4.98 Å². The van der Waals surface area contributed by atoms with E-state index >= 15 is 0 Å². The molecule has 0 bridgehead atoms. The molecule has 4 rings (SSSR count). The van der Waals surface area contributed by atoms with Crippen molar-refractivity contribution < 1.29 is 4.39 Å². The standard InChI is InChI=1S/C17H13FN2S/c18-12-6-7-13-11(8-12)9-14-16(13)20-17(21-14)15(19)10-4-2-1-3-5-10/h1-8,15H,9,19H2. The lowest BCUT2D eigenvalue weighted by Crippen LogP contribution is -2.11. The Hall–Kier alpha value is -2.04. The van der Waals surface area contributed by atoms with Crippen LogP contribution in [0.4, 0.5) is 4.39 Å². The highest BCUT2D eigenvalue weighted by Gasteiger charge is 2.25. The van der Waals surface area contributed by atoms with Gasteiger partial charge in [-0.3, -0.25) is 0 Å². The molecule has 104 valence electrons. The summed E-state index contributed by atoms with van der Waals surface area (Å²) in [7, 11) is 0. The summed E-state index contributed by atoms with van der Waals surface area (Å²) in [4.78, 5) is 5.89. The highest BCUT2D eigenvalue weighted by Crippen LogP contribution is 2.41. The summed E-state index contributed by atoms with van der Waals surface area (Å²) in [6.07, 6.45) is 0.752. The predicted octanol–water partition coefficient (Wildman–Crippen LogP) is 3.90. The average Bonchev–Trinajstić information content (AvgIpc) is 3.04. The lowest BCUT2D eigenvalue weighted by atomic mass is 10.1. The van der Waals surface area contributed by atoms with Crippen LogP contribution >= 0.6 is 11.3 Å². The van der Waals surface area contributed by atoms with E-state index in [0.717, 1.165) is 33.8 Å². The fourth-order valence-electron chi connectivity index (χ4n) is 2.75. The highest BCUT2D eigenvalue weighted by atomic mass is 32.1. The van der Waals surface area contributed by atoms with E-state index in [2.05, 4.69) is 0 Å². The van der Waals surface area contributed by atoms with E-state index in [0.29, 0.717) is 0 Å². The molecule has 2 nitrogen and oxygen atoms in total. The first-order chi connectivity index (χ1) is 10.2. The molecule has 1 aliphatic rings. The van der Waals surface area contributed by atoms with Gasteiger partial charge in [0.2, 0.25) is 0 Å². The maximum atomic E-state index is 13.3. The molecule has 2 N–H and O–H groups in total. The first-order valence-corrected chi connectivity index (χ1v) is 7.63. The molecule has 1 heterocycles. The summed E-state index contributed by atoms with van der Waals surface area (Å²) in [5.74, 6) is -0.190. The van der Waals surface area contributed by atoms with E-state index in [4.69, 9.17) is 10.7 Å². The van der Waals surface area contributed by atoms with Gasteiger partial charge < -0.3 is 5.73 Å². The van der Waals surface area contributed by atoms with Crippen LogP contribution in [-0.2, 0) is 6.42 Å². The van der Waals surface area contributed by atoms with Crippen molar-refractivity contribution in [3.05, 3.63) is 75.4 Å². The van der Waals surface area contributed by atoms with Gasteiger partial charge in [-0.15, -0.1) is 11.3 Å². The molecule has 1 aromatic heterocycles. The molecule has 0 fully saturated rings. The maximum Gasteiger partial charge on any atom is 0.123 e. The summed E-state index contributed by atoms with van der Waals surface area (Å²) in [6.45, 7) is 0. The molecule has 1 atom stereocenters. The molecule has 0 aliphatic heterocycles. The van der Waals surface area contributed by atoms with Gasteiger partial charge in [-0.25, -0.2) is 9.37 Å². The van der Waals surface area contributed by atoms with Gasteiger partial charge in [0.1, 0.15) is 10.8 Å². The molecule has 21 heavy (non-hydrogen) atoms. The number of hydrogen-bond donors (Lipinski definition) is 1. The highest BCUT2D eigenvalue weighted by molar-refractivity contribution is 7.12. The van der Waals surface area contributed by atoms with Gasteiger partial charge in [-0.05, 0) is 29.3 Å². The van der Waals surface area contributed by atoms with E-state index in [1.54, 1.807) is 17.4 Å². The number of rotatable bonds is 2. The van der Waals surface area contributed by atoms with Crippen molar-refractivity contribution in [1.82, 2.24) is 4.98 Å². The van der Waals surface area contributed by atoms with Crippen molar-refractivity contribution in [2.24, 2.45) is 5.73 Å². The number of thiazole rings is 1. The number of benzene rings is 2. The molecule has 4 heteroatoms. The van der Waals surface area contributed by atoms with E-state index in [-0.39, 0.29) is 11.9 Å². The zero-order chi connectivity index (χ0) is 14.4. The normalized spacial score (nSPS) is 13.8. The average molecular weight is 296 g/mol. The van der Waals surface area contributed by atoms with Crippen LogP contribution in [0.15, 0.2) is 48.5 Å². The molecule has 3 aromatic rings. The summed E-state index contributed by atoms with van der Waals surface area (Å²) >= 11 is 1.63. The molecule has 0 saturated heterocycles. The number of fused-ring (bicyclic) bond motifs is 3. The van der Waals surface area contributed by atoms with Gasteiger partial charge in [-0.1, -0.05) is 30.3 Å². The largest absolute Gasteiger partial charge is 0.318 e. The van der Waals surface area contributed by atoms with Crippen molar-refractivity contribution in [1.29, 1.82) is 0 Å². The SMILES string of the molecule is NC(c1ccccc1)c1nc2c(s1)Cc1cc(F)ccc1-2. The van der Waals surface area contributed by atoms with Gasteiger partial charge in [-0.2, -0.15) is 0 Å². The zero-order valence-corrected chi connectivity index (χ0v) is 12.0. The fourth-order valence-corrected chi connectivity index (χ4v) is 3.88. The lowest BCUT2D eigenvalue weighted by Gasteiger charge is -2.08. The number of halogens is 1. The van der Waals surface area contributed by atoms with E-state index in [1.807, 2.05) is 36.4 Å². The Bertz CT molecular complexity index is 811. The lowest BCUT2D eigenvalue weighted by molar-refractivity contribution is 0.626. The molecular formula is C17H13FN2S. The minimum atomic E-state index is -0.203. The van der Waals surface area contributed by atoms with Crippen LogP contribution in [0.25, 0.3) is 11.3 Å². The Kier molecular flexibility index (Phi) is 2.87. The Labute approximate surface area is 126 Å². The van der Waals surface area contributed by atoms with Crippen LogP contribution in [0.1, 0.15) is 27.1 Å². The van der Waals surface area contributed by atoms with Crippen molar-refractivity contribution in [2.45, 2.75) is 12.5 Å². The number of aromatic nitrogens is 1. The van der Waals surface area contributed by atoms with Gasteiger partial charge in [0.25, 0.3) is 0 Å². The molecule has 0 radical (unpaired) electrons. The summed E-state index contributed by atoms with van der Waals surface area (Å²) in [5, 5.41) is 0.918. The molecule has 1 aliphatic carbocycles. The molecule has 0 amide bonds. The van der Waals surface area contributed by atoms with Crippen LogP contribution < -0.4 is 5.73 Å². The van der Waals surface area contributed by atoms with Gasteiger partial charge in [0.05, 0.1) is 11.7 Å². The minimum Gasteiger partial charge on any atom is -0.318 e. The van der Waals surface area contributed by atoms with Gasteiger partial charge >= 0.3 is 0 Å². The molecule has 0 saturated carbocycles.